The summed E-state index contributed by atoms with van der Waals surface area (Å²) in [5.74, 6) is 0. The van der Waals surface area contributed by atoms with Crippen LogP contribution in [0.25, 0.3) is 22.6 Å². The van der Waals surface area contributed by atoms with Crippen LogP contribution in [0.15, 0.2) is 66.9 Å². The first-order valence-corrected chi connectivity index (χ1v) is 8.20. The standard InChI is InChI=1S/C11H9N2.C9H5F3N3.Pt/c1-9-7-8-11(13-12-9)10-5-3-2-4-6-10;10-9(11,12)8-5-7(14-15-8)6-3-1-2-4-13-6;/h2-5,7-8H,1H3;1-5H;/q2*-1;+2. The van der Waals surface area contributed by atoms with Gasteiger partial charge in [0.2, 0.25) is 0 Å². The Kier molecular flexibility index (Phi) is 7.79. The van der Waals surface area contributed by atoms with E-state index >= 15 is 0 Å². The molecule has 0 saturated heterocycles. The summed E-state index contributed by atoms with van der Waals surface area (Å²) in [5, 5.41) is 14.5. The quantitative estimate of drug-likeness (QED) is 0.332. The van der Waals surface area contributed by atoms with Gasteiger partial charge in [-0.15, -0.1) is 35.9 Å². The summed E-state index contributed by atoms with van der Waals surface area (Å²) in [6.07, 6.45) is -2.97. The van der Waals surface area contributed by atoms with Crippen LogP contribution in [0.1, 0.15) is 11.4 Å². The van der Waals surface area contributed by atoms with Crippen molar-refractivity contribution in [3.05, 3.63) is 84.3 Å². The minimum atomic E-state index is -4.46. The molecule has 3 heterocycles. The first-order chi connectivity index (χ1) is 13.4. The van der Waals surface area contributed by atoms with E-state index in [4.69, 9.17) is 0 Å². The van der Waals surface area contributed by atoms with Gasteiger partial charge in [-0.2, -0.15) is 18.3 Å². The molecule has 0 aliphatic rings. The number of hydrogen-bond acceptors (Lipinski definition) is 4. The zero-order chi connectivity index (χ0) is 20.0. The fourth-order valence-corrected chi connectivity index (χ4v) is 2.17. The summed E-state index contributed by atoms with van der Waals surface area (Å²) in [6, 6.07) is 20.5. The van der Waals surface area contributed by atoms with E-state index in [1.807, 2.05) is 43.3 Å². The number of aromatic nitrogens is 5. The Morgan fingerprint density at radius 3 is 2.28 bits per heavy atom. The Morgan fingerprint density at radius 1 is 0.931 bits per heavy atom. The van der Waals surface area contributed by atoms with E-state index in [-0.39, 0.29) is 26.8 Å². The van der Waals surface area contributed by atoms with Crippen molar-refractivity contribution in [2.75, 3.05) is 0 Å². The maximum absolute atomic E-state index is 12.2. The molecule has 5 nitrogen and oxygen atoms in total. The summed E-state index contributed by atoms with van der Waals surface area (Å²) >= 11 is 0. The van der Waals surface area contributed by atoms with Gasteiger partial charge in [-0.3, -0.25) is 4.98 Å². The molecule has 3 aromatic heterocycles. The zero-order valence-corrected chi connectivity index (χ0v) is 17.3. The SMILES string of the molecule is Cc1ccc(-c2[c-]cccc2)nn1.FC(F)(F)c1cc(-c2ccccn2)[n-]n1.[Pt+2]. The zero-order valence-electron chi connectivity index (χ0n) is 15.0. The van der Waals surface area contributed by atoms with Crippen LogP contribution in [0, 0.1) is 13.0 Å². The molecule has 4 aromatic rings. The van der Waals surface area contributed by atoms with Crippen molar-refractivity contribution in [2.45, 2.75) is 13.1 Å². The molecule has 0 bridgehead atoms. The van der Waals surface area contributed by atoms with Gasteiger partial charge in [0.15, 0.2) is 0 Å². The number of halogens is 3. The molecule has 29 heavy (non-hydrogen) atoms. The van der Waals surface area contributed by atoms with Crippen LogP contribution in [0.5, 0.6) is 0 Å². The molecule has 0 radical (unpaired) electrons. The Bertz CT molecular complexity index is 1000. The summed E-state index contributed by atoms with van der Waals surface area (Å²) in [7, 11) is 0. The molecule has 0 spiro atoms. The fraction of sp³-hybridized carbons (Fsp3) is 0.100. The molecule has 1 aromatic carbocycles. The summed E-state index contributed by atoms with van der Waals surface area (Å²) < 4.78 is 36.6. The van der Waals surface area contributed by atoms with E-state index in [2.05, 4.69) is 31.4 Å². The van der Waals surface area contributed by atoms with Crippen molar-refractivity contribution in [1.82, 2.24) is 25.4 Å². The third-order valence-electron chi connectivity index (χ3n) is 3.54. The minimum absolute atomic E-state index is 0. The van der Waals surface area contributed by atoms with Gasteiger partial charge in [-0.1, -0.05) is 17.8 Å². The van der Waals surface area contributed by atoms with Gasteiger partial charge in [0, 0.05) is 17.6 Å². The number of rotatable bonds is 2. The normalized spacial score (nSPS) is 10.5. The first-order valence-electron chi connectivity index (χ1n) is 8.20. The van der Waals surface area contributed by atoms with E-state index in [0.29, 0.717) is 5.69 Å². The number of benzene rings is 1. The van der Waals surface area contributed by atoms with Gasteiger partial charge >= 0.3 is 27.2 Å². The summed E-state index contributed by atoms with van der Waals surface area (Å²) in [5.41, 5.74) is 2.28. The predicted octanol–water partition coefficient (Wildman–Crippen LogP) is 4.37. The van der Waals surface area contributed by atoms with Gasteiger partial charge in [-0.05, 0) is 31.2 Å². The second kappa shape index (κ2) is 10.1. The van der Waals surface area contributed by atoms with E-state index in [1.54, 1.807) is 18.2 Å². The molecule has 0 unspecified atom stereocenters. The molecule has 0 amide bonds. The van der Waals surface area contributed by atoms with Gasteiger partial charge in [-0.25, -0.2) is 5.10 Å². The second-order valence-electron chi connectivity index (χ2n) is 5.66. The van der Waals surface area contributed by atoms with Crippen LogP contribution in [-0.4, -0.2) is 20.3 Å². The van der Waals surface area contributed by atoms with E-state index in [1.165, 1.54) is 6.20 Å². The third kappa shape index (κ3) is 6.32. The molecular weight excluding hydrogens is 562 g/mol. The molecule has 0 N–H and O–H groups in total. The largest absolute Gasteiger partial charge is 2.00 e. The Labute approximate surface area is 179 Å². The van der Waals surface area contributed by atoms with Crippen LogP contribution in [0.2, 0.25) is 0 Å². The number of aryl methyl sites for hydroxylation is 1. The van der Waals surface area contributed by atoms with Crippen LogP contribution in [0.4, 0.5) is 13.2 Å². The van der Waals surface area contributed by atoms with E-state index in [9.17, 15) is 13.2 Å². The van der Waals surface area contributed by atoms with E-state index < -0.39 is 11.9 Å². The number of hydrogen-bond donors (Lipinski definition) is 0. The predicted molar refractivity (Wildman–Crippen MR) is 96.8 cm³/mol. The van der Waals surface area contributed by atoms with Gasteiger partial charge < -0.3 is 10.2 Å². The fourth-order valence-electron chi connectivity index (χ4n) is 2.17. The second-order valence-corrected chi connectivity index (χ2v) is 5.66. The molecular formula is C20H14F3N5Pt. The molecule has 0 aliphatic carbocycles. The average molecular weight is 576 g/mol. The van der Waals surface area contributed by atoms with Crippen LogP contribution >= 0.6 is 0 Å². The Morgan fingerprint density at radius 2 is 1.72 bits per heavy atom. The molecule has 0 fully saturated rings. The van der Waals surface area contributed by atoms with Crippen LogP contribution in [0.3, 0.4) is 0 Å². The first kappa shape index (κ1) is 22.4. The number of nitrogens with zero attached hydrogens (tertiary/aromatic N) is 5. The Hall–Kier alpha value is -2.86. The average Bonchev–Trinajstić information content (AvgIpc) is 3.21. The molecule has 0 aliphatic heterocycles. The minimum Gasteiger partial charge on any atom is -0.573 e. The van der Waals surface area contributed by atoms with Gasteiger partial charge in [0.25, 0.3) is 0 Å². The van der Waals surface area contributed by atoms with Gasteiger partial charge in [0.05, 0.1) is 5.69 Å². The Balaban J connectivity index is 0.000000202. The van der Waals surface area contributed by atoms with Crippen LogP contribution < -0.4 is 5.10 Å². The van der Waals surface area contributed by atoms with E-state index in [0.717, 1.165) is 23.0 Å². The topological polar surface area (TPSA) is 65.7 Å². The van der Waals surface area contributed by atoms with Crippen molar-refractivity contribution in [3.63, 3.8) is 0 Å². The molecule has 0 atom stereocenters. The molecule has 150 valence electrons. The molecule has 4 rings (SSSR count). The van der Waals surface area contributed by atoms with Crippen molar-refractivity contribution < 1.29 is 34.2 Å². The van der Waals surface area contributed by atoms with Crippen molar-refractivity contribution in [1.29, 1.82) is 0 Å². The summed E-state index contributed by atoms with van der Waals surface area (Å²) in [4.78, 5) is 3.87. The van der Waals surface area contributed by atoms with Gasteiger partial charge in [0.1, 0.15) is 5.69 Å². The maximum Gasteiger partial charge on any atom is 2.00 e. The summed E-state index contributed by atoms with van der Waals surface area (Å²) in [6.45, 7) is 1.92. The van der Waals surface area contributed by atoms with Crippen molar-refractivity contribution >= 4 is 0 Å². The monoisotopic (exact) mass is 576 g/mol. The third-order valence-corrected chi connectivity index (χ3v) is 3.54. The smallest absolute Gasteiger partial charge is 0.573 e. The van der Waals surface area contributed by atoms with Crippen molar-refractivity contribution in [3.8, 4) is 22.6 Å². The van der Waals surface area contributed by atoms with Crippen LogP contribution in [-0.2, 0) is 27.2 Å². The van der Waals surface area contributed by atoms with Crippen molar-refractivity contribution in [2.24, 2.45) is 0 Å². The number of alkyl halides is 3. The molecule has 0 saturated carbocycles. The molecule has 9 heteroatoms. The number of pyridine rings is 1. The maximum atomic E-state index is 12.2.